The molecule has 0 aromatic heterocycles. The van der Waals surface area contributed by atoms with Crippen molar-refractivity contribution in [2.24, 2.45) is 0 Å². The lowest BCUT2D eigenvalue weighted by Crippen LogP contribution is -2.37. The summed E-state index contributed by atoms with van der Waals surface area (Å²) in [4.78, 5) is 0. The van der Waals surface area contributed by atoms with Crippen molar-refractivity contribution >= 4 is 0 Å². The molecule has 0 unspecified atom stereocenters. The topological polar surface area (TPSA) is 12.0 Å². The van der Waals surface area contributed by atoms with E-state index in [1.54, 1.807) is 0 Å². The van der Waals surface area contributed by atoms with Gasteiger partial charge in [0.2, 0.25) is 0 Å². The van der Waals surface area contributed by atoms with Crippen LogP contribution in [0.2, 0.25) is 0 Å². The Morgan fingerprint density at radius 2 is 2.40 bits per heavy atom. The lowest BCUT2D eigenvalue weighted by Gasteiger charge is -2.23. The molecular weight excluding hydrogens is 122 g/mol. The van der Waals surface area contributed by atoms with Crippen molar-refractivity contribution in [3.05, 3.63) is 12.2 Å². The van der Waals surface area contributed by atoms with Gasteiger partial charge >= 0.3 is 0 Å². The molecule has 1 aliphatic rings. The SMILES string of the molecule is CCC[C@@H]1CC=C[C@H](C)N1. The molecule has 0 bridgehead atoms. The van der Waals surface area contributed by atoms with E-state index in [-0.39, 0.29) is 0 Å². The van der Waals surface area contributed by atoms with Gasteiger partial charge in [-0.3, -0.25) is 0 Å². The highest BCUT2D eigenvalue weighted by molar-refractivity contribution is 4.99. The summed E-state index contributed by atoms with van der Waals surface area (Å²) in [5.74, 6) is 0. The lowest BCUT2D eigenvalue weighted by molar-refractivity contribution is 0.439. The van der Waals surface area contributed by atoms with Gasteiger partial charge in [-0.1, -0.05) is 25.5 Å². The molecule has 0 aromatic rings. The molecule has 0 saturated heterocycles. The zero-order chi connectivity index (χ0) is 7.40. The smallest absolute Gasteiger partial charge is 0.0224 e. The van der Waals surface area contributed by atoms with Crippen molar-refractivity contribution in [1.82, 2.24) is 5.32 Å². The summed E-state index contributed by atoms with van der Waals surface area (Å²) in [6.45, 7) is 4.45. The van der Waals surface area contributed by atoms with Crippen LogP contribution in [0.5, 0.6) is 0 Å². The Hall–Kier alpha value is -0.300. The minimum Gasteiger partial charge on any atom is -0.308 e. The first kappa shape index (κ1) is 7.80. The van der Waals surface area contributed by atoms with Crippen LogP contribution in [0.25, 0.3) is 0 Å². The maximum atomic E-state index is 3.53. The Balaban J connectivity index is 2.29. The molecule has 1 rings (SSSR count). The van der Waals surface area contributed by atoms with Crippen LogP contribution in [-0.2, 0) is 0 Å². The molecule has 2 atom stereocenters. The summed E-state index contributed by atoms with van der Waals surface area (Å²) in [7, 11) is 0. The first-order chi connectivity index (χ1) is 4.83. The number of rotatable bonds is 2. The third kappa shape index (κ3) is 2.14. The number of nitrogens with one attached hydrogen (secondary N) is 1. The van der Waals surface area contributed by atoms with Gasteiger partial charge in [0, 0.05) is 12.1 Å². The first-order valence-corrected chi connectivity index (χ1v) is 4.25. The highest BCUT2D eigenvalue weighted by atomic mass is 14.9. The molecule has 1 heterocycles. The summed E-state index contributed by atoms with van der Waals surface area (Å²) < 4.78 is 0. The van der Waals surface area contributed by atoms with Crippen LogP contribution in [0.15, 0.2) is 12.2 Å². The summed E-state index contributed by atoms with van der Waals surface area (Å²) in [5.41, 5.74) is 0. The Labute approximate surface area is 63.5 Å². The normalized spacial score (nSPS) is 32.6. The standard InChI is InChI=1S/C9H17N/c1-3-5-9-7-4-6-8(2)10-9/h4,6,8-10H,3,5,7H2,1-2H3/t8-,9+/m0/s1. The van der Waals surface area contributed by atoms with Gasteiger partial charge in [0.15, 0.2) is 0 Å². The van der Waals surface area contributed by atoms with Crippen LogP contribution >= 0.6 is 0 Å². The fourth-order valence-electron chi connectivity index (χ4n) is 1.49. The lowest BCUT2D eigenvalue weighted by atomic mass is 10.0. The fourth-order valence-corrected chi connectivity index (χ4v) is 1.49. The molecule has 0 amide bonds. The van der Waals surface area contributed by atoms with Crippen molar-refractivity contribution in [2.75, 3.05) is 0 Å². The maximum absolute atomic E-state index is 3.53. The average Bonchev–Trinajstić information content (AvgIpc) is 1.88. The van der Waals surface area contributed by atoms with Crippen LogP contribution in [0.3, 0.4) is 0 Å². The minimum atomic E-state index is 0.588. The van der Waals surface area contributed by atoms with Crippen molar-refractivity contribution in [2.45, 2.75) is 45.2 Å². The van der Waals surface area contributed by atoms with Crippen LogP contribution in [0, 0.1) is 0 Å². The highest BCUT2D eigenvalue weighted by Gasteiger charge is 2.11. The Kier molecular flexibility index (Phi) is 2.94. The molecule has 1 N–H and O–H groups in total. The van der Waals surface area contributed by atoms with E-state index in [9.17, 15) is 0 Å². The molecule has 1 aliphatic heterocycles. The molecular formula is C9H17N. The van der Waals surface area contributed by atoms with Gasteiger partial charge in [0.25, 0.3) is 0 Å². The van der Waals surface area contributed by atoms with Gasteiger partial charge in [-0.25, -0.2) is 0 Å². The van der Waals surface area contributed by atoms with E-state index in [0.717, 1.165) is 6.04 Å². The third-order valence-corrected chi connectivity index (χ3v) is 1.98. The number of hydrogen-bond acceptors (Lipinski definition) is 1. The zero-order valence-electron chi connectivity index (χ0n) is 6.93. The molecule has 1 heteroatoms. The van der Waals surface area contributed by atoms with Gasteiger partial charge < -0.3 is 5.32 Å². The Morgan fingerprint density at radius 3 is 3.00 bits per heavy atom. The van der Waals surface area contributed by atoms with E-state index < -0.39 is 0 Å². The Bertz CT molecular complexity index is 118. The largest absolute Gasteiger partial charge is 0.308 e. The van der Waals surface area contributed by atoms with Crippen LogP contribution in [0.4, 0.5) is 0 Å². The highest BCUT2D eigenvalue weighted by Crippen LogP contribution is 2.08. The first-order valence-electron chi connectivity index (χ1n) is 4.25. The summed E-state index contributed by atoms with van der Waals surface area (Å²) in [6.07, 6.45) is 8.36. The summed E-state index contributed by atoms with van der Waals surface area (Å²) >= 11 is 0. The monoisotopic (exact) mass is 139 g/mol. The second kappa shape index (κ2) is 3.77. The number of hydrogen-bond donors (Lipinski definition) is 1. The zero-order valence-corrected chi connectivity index (χ0v) is 6.93. The summed E-state index contributed by atoms with van der Waals surface area (Å²) in [5, 5.41) is 3.53. The molecule has 58 valence electrons. The quantitative estimate of drug-likeness (QED) is 0.578. The van der Waals surface area contributed by atoms with E-state index in [4.69, 9.17) is 0 Å². The molecule has 0 spiro atoms. The van der Waals surface area contributed by atoms with Gasteiger partial charge in [0.05, 0.1) is 0 Å². The van der Waals surface area contributed by atoms with Gasteiger partial charge in [-0.2, -0.15) is 0 Å². The van der Waals surface area contributed by atoms with E-state index in [1.165, 1.54) is 19.3 Å². The molecule has 1 nitrogen and oxygen atoms in total. The molecule has 0 aliphatic carbocycles. The average molecular weight is 139 g/mol. The fraction of sp³-hybridized carbons (Fsp3) is 0.778. The summed E-state index contributed by atoms with van der Waals surface area (Å²) in [6, 6.07) is 1.33. The second-order valence-electron chi connectivity index (χ2n) is 3.10. The van der Waals surface area contributed by atoms with Crippen LogP contribution in [-0.4, -0.2) is 12.1 Å². The molecule has 0 radical (unpaired) electrons. The molecule has 0 saturated carbocycles. The van der Waals surface area contributed by atoms with Crippen molar-refractivity contribution < 1.29 is 0 Å². The maximum Gasteiger partial charge on any atom is 0.0224 e. The van der Waals surface area contributed by atoms with Crippen LogP contribution < -0.4 is 5.32 Å². The molecule has 10 heavy (non-hydrogen) atoms. The minimum absolute atomic E-state index is 0.588. The van der Waals surface area contributed by atoms with E-state index >= 15 is 0 Å². The van der Waals surface area contributed by atoms with Gasteiger partial charge in [0.1, 0.15) is 0 Å². The van der Waals surface area contributed by atoms with Crippen LogP contribution in [0.1, 0.15) is 33.1 Å². The van der Waals surface area contributed by atoms with E-state index in [2.05, 4.69) is 31.3 Å². The molecule has 0 aromatic carbocycles. The predicted molar refractivity (Wildman–Crippen MR) is 45.1 cm³/mol. The van der Waals surface area contributed by atoms with Crippen molar-refractivity contribution in [3.63, 3.8) is 0 Å². The van der Waals surface area contributed by atoms with E-state index in [1.807, 2.05) is 0 Å². The second-order valence-corrected chi connectivity index (χ2v) is 3.10. The third-order valence-electron chi connectivity index (χ3n) is 1.98. The van der Waals surface area contributed by atoms with Crippen molar-refractivity contribution in [3.8, 4) is 0 Å². The predicted octanol–water partition coefficient (Wildman–Crippen LogP) is 2.09. The van der Waals surface area contributed by atoms with Crippen molar-refractivity contribution in [1.29, 1.82) is 0 Å². The Morgan fingerprint density at radius 1 is 1.60 bits per heavy atom. The van der Waals surface area contributed by atoms with Gasteiger partial charge in [-0.15, -0.1) is 0 Å². The van der Waals surface area contributed by atoms with E-state index in [0.29, 0.717) is 6.04 Å². The van der Waals surface area contributed by atoms with Gasteiger partial charge in [-0.05, 0) is 19.8 Å². The molecule has 0 fully saturated rings.